The molecule has 2 aromatic rings. The predicted octanol–water partition coefficient (Wildman–Crippen LogP) is 2.74. The second kappa shape index (κ2) is 4.36. The van der Waals surface area contributed by atoms with E-state index in [4.69, 9.17) is 16.3 Å². The fraction of sp³-hybridized carbons (Fsp3) is 0.200. The van der Waals surface area contributed by atoms with E-state index in [1.54, 1.807) is 0 Å². The number of ether oxygens (including phenoxy) is 1. The molecule has 0 bridgehead atoms. The van der Waals surface area contributed by atoms with E-state index in [0.717, 1.165) is 28.3 Å². The molecule has 0 unspecified atom stereocenters. The first-order chi connectivity index (χ1) is 10.1. The number of fused-ring (bicyclic) bond motifs is 1. The van der Waals surface area contributed by atoms with Crippen LogP contribution >= 0.6 is 11.6 Å². The van der Waals surface area contributed by atoms with E-state index in [2.05, 4.69) is 15.5 Å². The van der Waals surface area contributed by atoms with Crippen LogP contribution in [0, 0.1) is 6.92 Å². The zero-order valence-electron chi connectivity index (χ0n) is 11.2. The van der Waals surface area contributed by atoms with E-state index in [-0.39, 0.29) is 18.5 Å². The van der Waals surface area contributed by atoms with Crippen molar-refractivity contribution in [2.75, 3.05) is 11.9 Å². The van der Waals surface area contributed by atoms with Crippen LogP contribution in [0.2, 0.25) is 5.02 Å². The largest absolute Gasteiger partial charge is 0.456 e. The highest BCUT2D eigenvalue weighted by atomic mass is 35.5. The maximum atomic E-state index is 12.1. The molecule has 2 aliphatic rings. The third-order valence-corrected chi connectivity index (χ3v) is 4.19. The molecule has 0 amide bonds. The van der Waals surface area contributed by atoms with Crippen LogP contribution in [0.1, 0.15) is 22.7 Å². The van der Waals surface area contributed by atoms with Gasteiger partial charge in [0.05, 0.1) is 11.3 Å². The molecule has 21 heavy (non-hydrogen) atoms. The summed E-state index contributed by atoms with van der Waals surface area (Å²) in [6, 6.07) is 7.53. The van der Waals surface area contributed by atoms with E-state index in [0.29, 0.717) is 10.6 Å². The van der Waals surface area contributed by atoms with Crippen LogP contribution in [0.15, 0.2) is 35.5 Å². The van der Waals surface area contributed by atoms with Crippen molar-refractivity contribution in [3.8, 4) is 0 Å². The van der Waals surface area contributed by atoms with Gasteiger partial charge in [0.1, 0.15) is 6.61 Å². The second-order valence-corrected chi connectivity index (χ2v) is 5.63. The van der Waals surface area contributed by atoms with Crippen molar-refractivity contribution in [1.29, 1.82) is 0 Å². The first-order valence-corrected chi connectivity index (χ1v) is 7.00. The van der Waals surface area contributed by atoms with Crippen LogP contribution in [0.4, 0.5) is 5.82 Å². The number of carbonyl (C=O) groups excluding carboxylic acids is 1. The average Bonchev–Trinajstić information content (AvgIpc) is 3.03. The minimum absolute atomic E-state index is 0.178. The highest BCUT2D eigenvalue weighted by molar-refractivity contribution is 6.30. The summed E-state index contributed by atoms with van der Waals surface area (Å²) in [6.45, 7) is 2.21. The molecular formula is C15H12ClN3O2. The number of cyclic esters (lactones) is 1. The first kappa shape index (κ1) is 12.5. The molecule has 106 valence electrons. The molecule has 6 heteroatoms. The standard InChI is InChI=1S/C15H12ClN3O2/c1-7-11-12(8-2-4-9(16)5-3-8)13-10(6-21-15(13)20)17-14(11)19-18-7/h2-5,12H,6H2,1H3,(H2,17,18,19)/t12-/m0/s1. The Labute approximate surface area is 126 Å². The second-order valence-electron chi connectivity index (χ2n) is 5.19. The smallest absolute Gasteiger partial charge is 0.337 e. The summed E-state index contributed by atoms with van der Waals surface area (Å²) in [7, 11) is 0. The summed E-state index contributed by atoms with van der Waals surface area (Å²) in [5.74, 6) is 0.301. The number of hydrogen-bond acceptors (Lipinski definition) is 4. The minimum Gasteiger partial charge on any atom is -0.456 e. The van der Waals surface area contributed by atoms with Gasteiger partial charge in [-0.3, -0.25) is 5.10 Å². The molecule has 1 aromatic heterocycles. The number of nitrogens with one attached hydrogen (secondary N) is 2. The Morgan fingerprint density at radius 3 is 2.86 bits per heavy atom. The molecule has 1 atom stereocenters. The Hall–Kier alpha value is -2.27. The number of H-pyrrole nitrogens is 1. The Morgan fingerprint density at radius 2 is 2.10 bits per heavy atom. The topological polar surface area (TPSA) is 67.0 Å². The third kappa shape index (κ3) is 1.77. The summed E-state index contributed by atoms with van der Waals surface area (Å²) in [6.07, 6.45) is 0. The number of nitrogens with zero attached hydrogens (tertiary/aromatic N) is 1. The lowest BCUT2D eigenvalue weighted by Crippen LogP contribution is -2.19. The van der Waals surface area contributed by atoms with Crippen molar-refractivity contribution in [3.63, 3.8) is 0 Å². The van der Waals surface area contributed by atoms with Crippen molar-refractivity contribution in [1.82, 2.24) is 10.2 Å². The average molecular weight is 302 g/mol. The van der Waals surface area contributed by atoms with Crippen LogP contribution in [-0.2, 0) is 9.53 Å². The fourth-order valence-electron chi connectivity index (χ4n) is 2.97. The Bertz CT molecular complexity index is 777. The lowest BCUT2D eigenvalue weighted by Gasteiger charge is -2.24. The van der Waals surface area contributed by atoms with E-state index in [9.17, 15) is 4.79 Å². The maximum Gasteiger partial charge on any atom is 0.337 e. The molecule has 0 saturated carbocycles. The van der Waals surface area contributed by atoms with Crippen molar-refractivity contribution < 1.29 is 9.53 Å². The number of anilines is 1. The van der Waals surface area contributed by atoms with Gasteiger partial charge in [-0.15, -0.1) is 0 Å². The molecule has 2 N–H and O–H groups in total. The van der Waals surface area contributed by atoms with Crippen LogP contribution in [0.5, 0.6) is 0 Å². The van der Waals surface area contributed by atoms with Crippen LogP contribution in [0.25, 0.3) is 0 Å². The number of aryl methyl sites for hydroxylation is 1. The van der Waals surface area contributed by atoms with Gasteiger partial charge in [-0.1, -0.05) is 23.7 Å². The van der Waals surface area contributed by atoms with Gasteiger partial charge in [0, 0.05) is 22.2 Å². The Balaban J connectivity index is 1.94. The lowest BCUT2D eigenvalue weighted by molar-refractivity contribution is -0.136. The van der Waals surface area contributed by atoms with Crippen LogP contribution in [-0.4, -0.2) is 22.8 Å². The summed E-state index contributed by atoms with van der Waals surface area (Å²) in [4.78, 5) is 12.1. The number of esters is 1. The van der Waals surface area contributed by atoms with Crippen molar-refractivity contribution in [3.05, 3.63) is 57.4 Å². The van der Waals surface area contributed by atoms with E-state index >= 15 is 0 Å². The number of rotatable bonds is 1. The van der Waals surface area contributed by atoms with Gasteiger partial charge in [0.15, 0.2) is 5.82 Å². The zero-order valence-corrected chi connectivity index (χ0v) is 12.0. The van der Waals surface area contributed by atoms with E-state index in [1.807, 2.05) is 31.2 Å². The molecule has 0 aliphatic carbocycles. The number of hydrogen-bond donors (Lipinski definition) is 2. The predicted molar refractivity (Wildman–Crippen MR) is 78.2 cm³/mol. The first-order valence-electron chi connectivity index (χ1n) is 6.62. The summed E-state index contributed by atoms with van der Waals surface area (Å²) in [5.41, 5.74) is 4.37. The summed E-state index contributed by atoms with van der Waals surface area (Å²) in [5, 5.41) is 11.1. The Kier molecular flexibility index (Phi) is 2.59. The number of carbonyl (C=O) groups is 1. The molecule has 4 rings (SSSR count). The SMILES string of the molecule is Cc1[nH]nc2c1[C@H](c1ccc(Cl)cc1)C1=C(COC1=O)N2. The molecule has 5 nitrogen and oxygen atoms in total. The highest BCUT2D eigenvalue weighted by Gasteiger charge is 2.40. The quantitative estimate of drug-likeness (QED) is 0.795. The lowest BCUT2D eigenvalue weighted by atomic mass is 9.82. The molecule has 0 spiro atoms. The van der Waals surface area contributed by atoms with Crippen LogP contribution in [0.3, 0.4) is 0 Å². The monoisotopic (exact) mass is 301 g/mol. The molecule has 0 saturated heterocycles. The van der Waals surface area contributed by atoms with E-state index in [1.165, 1.54) is 0 Å². The molecule has 0 fully saturated rings. The molecule has 0 radical (unpaired) electrons. The highest BCUT2D eigenvalue weighted by Crippen LogP contribution is 2.44. The Morgan fingerprint density at radius 1 is 1.33 bits per heavy atom. The normalized spacial score (nSPS) is 19.9. The minimum atomic E-state index is -0.274. The van der Waals surface area contributed by atoms with Gasteiger partial charge in [0.25, 0.3) is 0 Å². The molecule has 3 heterocycles. The van der Waals surface area contributed by atoms with Gasteiger partial charge >= 0.3 is 5.97 Å². The molecule has 1 aromatic carbocycles. The van der Waals surface area contributed by atoms with Crippen molar-refractivity contribution >= 4 is 23.4 Å². The summed E-state index contributed by atoms with van der Waals surface area (Å²) >= 11 is 5.97. The van der Waals surface area contributed by atoms with Gasteiger partial charge in [-0.05, 0) is 24.6 Å². The number of aromatic amines is 1. The van der Waals surface area contributed by atoms with E-state index < -0.39 is 0 Å². The number of halogens is 1. The van der Waals surface area contributed by atoms with Gasteiger partial charge < -0.3 is 10.1 Å². The van der Waals surface area contributed by atoms with Gasteiger partial charge in [-0.25, -0.2) is 4.79 Å². The maximum absolute atomic E-state index is 12.1. The number of benzene rings is 1. The van der Waals surface area contributed by atoms with Crippen molar-refractivity contribution in [2.24, 2.45) is 0 Å². The van der Waals surface area contributed by atoms with Crippen LogP contribution < -0.4 is 5.32 Å². The number of aromatic nitrogens is 2. The van der Waals surface area contributed by atoms with Crippen molar-refractivity contribution in [2.45, 2.75) is 12.8 Å². The summed E-state index contributed by atoms with van der Waals surface area (Å²) < 4.78 is 5.18. The third-order valence-electron chi connectivity index (χ3n) is 3.94. The van der Waals surface area contributed by atoms with Gasteiger partial charge in [-0.2, -0.15) is 5.10 Å². The van der Waals surface area contributed by atoms with Gasteiger partial charge in [0.2, 0.25) is 0 Å². The molecular weight excluding hydrogens is 290 g/mol. The fourth-order valence-corrected chi connectivity index (χ4v) is 3.10. The zero-order chi connectivity index (χ0) is 14.6. The molecule has 2 aliphatic heterocycles.